The molecule has 0 amide bonds. The fraction of sp³-hybridized carbons (Fsp3) is 0.362. The van der Waals surface area contributed by atoms with Crippen LogP contribution in [-0.2, 0) is 16.2 Å². The molecule has 1 saturated carbocycles. The summed E-state index contributed by atoms with van der Waals surface area (Å²) in [5.41, 5.74) is 17.3. The van der Waals surface area contributed by atoms with Gasteiger partial charge in [0.25, 0.3) is 6.71 Å². The molecular formula is C47H49BN2S. The van der Waals surface area contributed by atoms with Crippen molar-refractivity contribution in [3.63, 3.8) is 0 Å². The van der Waals surface area contributed by atoms with Gasteiger partial charge in [-0.15, -0.1) is 11.3 Å². The minimum absolute atomic E-state index is 0.00588. The zero-order chi connectivity index (χ0) is 35.4. The third-order valence-electron chi connectivity index (χ3n) is 13.5. The molecule has 51 heavy (non-hydrogen) atoms. The lowest BCUT2D eigenvalue weighted by molar-refractivity contribution is 0.195. The van der Waals surface area contributed by atoms with Crippen molar-refractivity contribution in [2.45, 2.75) is 110 Å². The topological polar surface area (TPSA) is 6.48 Å². The van der Waals surface area contributed by atoms with E-state index >= 15 is 0 Å². The molecule has 2 unspecified atom stereocenters. The highest BCUT2D eigenvalue weighted by atomic mass is 32.1. The minimum Gasteiger partial charge on any atom is -0.335 e. The van der Waals surface area contributed by atoms with Crippen molar-refractivity contribution in [2.75, 3.05) is 9.80 Å². The summed E-state index contributed by atoms with van der Waals surface area (Å²) in [6.45, 7) is 21.8. The maximum Gasteiger partial charge on any atom is 0.253 e. The standard InChI is InChI=1S/C47H49BN2S/c1-28-24-36-41-37(25-28)50-43-33(46(8)22-12-13-23-47(46,50)9)26-30(45(5,6)7)27-34(43)48(41)42-35(49(36)31-18-16-29(17-19-31)44(2,3)4)20-21-39-40(42)32-14-10-11-15-38(32)51-39/h10-11,14-21,24-27H,12-13,22-23H2,1-9H3. The van der Waals surface area contributed by atoms with Crippen molar-refractivity contribution in [1.29, 1.82) is 0 Å². The lowest BCUT2D eigenvalue weighted by Crippen LogP contribution is -2.64. The van der Waals surface area contributed by atoms with Crippen LogP contribution in [0.2, 0.25) is 0 Å². The van der Waals surface area contributed by atoms with Crippen molar-refractivity contribution < 1.29 is 0 Å². The van der Waals surface area contributed by atoms with Gasteiger partial charge < -0.3 is 9.80 Å². The first kappa shape index (κ1) is 31.7. The van der Waals surface area contributed by atoms with E-state index in [-0.39, 0.29) is 28.5 Å². The van der Waals surface area contributed by atoms with Gasteiger partial charge in [0, 0.05) is 43.3 Å². The molecule has 5 aromatic carbocycles. The number of aryl methyl sites for hydroxylation is 1. The van der Waals surface area contributed by atoms with Gasteiger partial charge in [0.05, 0.1) is 5.54 Å². The van der Waals surface area contributed by atoms with Crippen LogP contribution in [0.15, 0.2) is 84.9 Å². The molecule has 0 N–H and O–H groups in total. The number of fused-ring (bicyclic) bond motifs is 11. The zero-order valence-corrected chi connectivity index (χ0v) is 32.6. The number of nitrogens with zero attached hydrogens (tertiary/aromatic N) is 2. The van der Waals surface area contributed by atoms with Crippen LogP contribution in [0.5, 0.6) is 0 Å². The first-order valence-electron chi connectivity index (χ1n) is 19.2. The predicted molar refractivity (Wildman–Crippen MR) is 224 cm³/mol. The van der Waals surface area contributed by atoms with E-state index in [1.807, 2.05) is 11.3 Å². The van der Waals surface area contributed by atoms with Gasteiger partial charge in [-0.3, -0.25) is 0 Å². The minimum atomic E-state index is 0.00588. The molecule has 4 aliphatic rings. The molecule has 6 aromatic rings. The molecule has 0 bridgehead atoms. The van der Waals surface area contributed by atoms with E-state index in [2.05, 4.69) is 157 Å². The Labute approximate surface area is 308 Å². The lowest BCUT2D eigenvalue weighted by Gasteiger charge is -2.53. The van der Waals surface area contributed by atoms with Gasteiger partial charge in [-0.1, -0.05) is 104 Å². The molecule has 4 heterocycles. The van der Waals surface area contributed by atoms with Crippen molar-refractivity contribution in [3.05, 3.63) is 107 Å². The van der Waals surface area contributed by atoms with Crippen molar-refractivity contribution in [2.24, 2.45) is 0 Å². The molecule has 0 saturated heterocycles. The Morgan fingerprint density at radius 2 is 1.39 bits per heavy atom. The monoisotopic (exact) mass is 684 g/mol. The molecule has 10 rings (SSSR count). The van der Waals surface area contributed by atoms with Crippen LogP contribution in [0.3, 0.4) is 0 Å². The highest BCUT2D eigenvalue weighted by Crippen LogP contribution is 2.62. The van der Waals surface area contributed by atoms with Crippen LogP contribution in [0, 0.1) is 6.92 Å². The second-order valence-corrected chi connectivity index (χ2v) is 19.7. The number of hydrogen-bond donors (Lipinski definition) is 0. The van der Waals surface area contributed by atoms with Gasteiger partial charge in [0.15, 0.2) is 0 Å². The van der Waals surface area contributed by atoms with Gasteiger partial charge in [0.1, 0.15) is 0 Å². The predicted octanol–water partition coefficient (Wildman–Crippen LogP) is 11.3. The average Bonchev–Trinajstić information content (AvgIpc) is 3.56. The summed E-state index contributed by atoms with van der Waals surface area (Å²) in [7, 11) is 0. The van der Waals surface area contributed by atoms with E-state index in [4.69, 9.17) is 0 Å². The van der Waals surface area contributed by atoms with Crippen LogP contribution >= 0.6 is 11.3 Å². The van der Waals surface area contributed by atoms with Gasteiger partial charge in [-0.25, -0.2) is 0 Å². The van der Waals surface area contributed by atoms with E-state index in [9.17, 15) is 0 Å². The third-order valence-corrected chi connectivity index (χ3v) is 14.7. The number of rotatable bonds is 1. The Morgan fingerprint density at radius 3 is 2.14 bits per heavy atom. The highest BCUT2D eigenvalue weighted by Gasteiger charge is 2.61. The quantitative estimate of drug-likeness (QED) is 0.159. The summed E-state index contributed by atoms with van der Waals surface area (Å²) in [6, 6.07) is 33.7. The van der Waals surface area contributed by atoms with Crippen molar-refractivity contribution >= 4 is 83.0 Å². The molecule has 1 aromatic heterocycles. The SMILES string of the molecule is Cc1cc2c3c(c1)N1c4c(cc(C(C)(C)C)cc4C4(C)CCCCC14C)B3c1c(ccc3sc4ccccc4c13)N2c1ccc(C(C)(C)C)cc1. The van der Waals surface area contributed by atoms with Gasteiger partial charge in [-0.05, 0) is 129 Å². The zero-order valence-electron chi connectivity index (χ0n) is 31.8. The van der Waals surface area contributed by atoms with Gasteiger partial charge >= 0.3 is 0 Å². The van der Waals surface area contributed by atoms with Crippen molar-refractivity contribution in [1.82, 2.24) is 0 Å². The maximum absolute atomic E-state index is 2.88. The summed E-state index contributed by atoms with van der Waals surface area (Å²) >= 11 is 1.95. The van der Waals surface area contributed by atoms with Crippen LogP contribution < -0.4 is 26.2 Å². The van der Waals surface area contributed by atoms with E-state index in [1.165, 1.54) is 107 Å². The third kappa shape index (κ3) is 4.06. The second kappa shape index (κ2) is 10.1. The Hall–Kier alpha value is -4.02. The normalized spacial score (nSPS) is 21.9. The van der Waals surface area contributed by atoms with Crippen LogP contribution in [0.1, 0.15) is 103 Å². The Balaban J connectivity index is 1.38. The fourth-order valence-corrected chi connectivity index (χ4v) is 11.7. The smallest absolute Gasteiger partial charge is 0.253 e. The first-order valence-corrected chi connectivity index (χ1v) is 20.0. The fourth-order valence-electron chi connectivity index (χ4n) is 10.6. The maximum atomic E-state index is 2.88. The summed E-state index contributed by atoms with van der Waals surface area (Å²) in [5, 5.41) is 2.82. The number of thiophene rings is 1. The Kier molecular flexibility index (Phi) is 6.28. The highest BCUT2D eigenvalue weighted by molar-refractivity contribution is 7.26. The molecule has 0 radical (unpaired) electrons. The van der Waals surface area contributed by atoms with E-state index < -0.39 is 0 Å². The average molecular weight is 685 g/mol. The number of anilines is 5. The van der Waals surface area contributed by atoms with Gasteiger partial charge in [0.2, 0.25) is 0 Å². The molecule has 1 aliphatic carbocycles. The summed E-state index contributed by atoms with van der Waals surface area (Å²) in [6.07, 6.45) is 5.03. The Morgan fingerprint density at radius 1 is 0.686 bits per heavy atom. The summed E-state index contributed by atoms with van der Waals surface area (Å²) in [5.74, 6) is 0. The molecule has 4 heteroatoms. The van der Waals surface area contributed by atoms with Crippen molar-refractivity contribution in [3.8, 4) is 0 Å². The number of benzene rings is 5. The van der Waals surface area contributed by atoms with Crippen LogP contribution in [0.4, 0.5) is 28.4 Å². The molecule has 2 nitrogen and oxygen atoms in total. The van der Waals surface area contributed by atoms with Crippen LogP contribution in [0.25, 0.3) is 20.2 Å². The molecule has 3 aliphatic heterocycles. The summed E-state index contributed by atoms with van der Waals surface area (Å²) in [4.78, 5) is 5.50. The first-order chi connectivity index (χ1) is 24.2. The second-order valence-electron chi connectivity index (χ2n) is 18.6. The van der Waals surface area contributed by atoms with E-state index in [0.717, 1.165) is 0 Å². The molecular weight excluding hydrogens is 635 g/mol. The molecule has 0 spiro atoms. The summed E-state index contributed by atoms with van der Waals surface area (Å²) < 4.78 is 2.75. The molecule has 1 fully saturated rings. The van der Waals surface area contributed by atoms with Crippen LogP contribution in [-0.4, -0.2) is 12.3 Å². The van der Waals surface area contributed by atoms with E-state index in [0.29, 0.717) is 0 Å². The largest absolute Gasteiger partial charge is 0.335 e. The van der Waals surface area contributed by atoms with Gasteiger partial charge in [-0.2, -0.15) is 0 Å². The Bertz CT molecular complexity index is 2460. The lowest BCUT2D eigenvalue weighted by atomic mass is 9.32. The molecule has 256 valence electrons. The molecule has 2 atom stereocenters. The number of hydrogen-bond acceptors (Lipinski definition) is 3. The van der Waals surface area contributed by atoms with E-state index in [1.54, 1.807) is 5.56 Å².